The molecule has 2 aromatic heterocycles. The summed E-state index contributed by atoms with van der Waals surface area (Å²) < 4.78 is 11.9. The Bertz CT molecular complexity index is 1890. The van der Waals surface area contributed by atoms with Crippen LogP contribution in [-0.2, 0) is 6.42 Å². The van der Waals surface area contributed by atoms with E-state index in [0.717, 1.165) is 12.0 Å². The van der Waals surface area contributed by atoms with Crippen LogP contribution in [0.1, 0.15) is 27.0 Å². The van der Waals surface area contributed by atoms with E-state index >= 15 is 0 Å². The first-order valence-electron chi connectivity index (χ1n) is 12.3. The molecule has 0 aliphatic carbocycles. The number of aromatic amines is 1. The lowest BCUT2D eigenvalue weighted by molar-refractivity contribution is 0.103. The summed E-state index contributed by atoms with van der Waals surface area (Å²) in [6.45, 7) is 2.30. The van der Waals surface area contributed by atoms with Gasteiger partial charge in [-0.25, -0.2) is 0 Å². The number of ether oxygens (including phenoxy) is 1. The van der Waals surface area contributed by atoms with Gasteiger partial charge in [-0.3, -0.25) is 9.59 Å². The molecule has 2 heterocycles. The number of hydrogen-bond acceptors (Lipinski definition) is 8. The summed E-state index contributed by atoms with van der Waals surface area (Å²) in [4.78, 5) is 26.6. The van der Waals surface area contributed by atoms with E-state index in [2.05, 4.69) is 51.0 Å². The molecule has 39 heavy (non-hydrogen) atoms. The third-order valence-electron chi connectivity index (χ3n) is 6.55. The number of nitrogen functional groups attached to an aromatic ring is 1. The van der Waals surface area contributed by atoms with Gasteiger partial charge in [0.1, 0.15) is 17.0 Å². The maximum Gasteiger partial charge on any atom is 0.242 e. The van der Waals surface area contributed by atoms with Crippen LogP contribution >= 0.6 is 0 Å². The number of nitrogens with zero attached hydrogens (tertiary/aromatic N) is 3. The van der Waals surface area contributed by atoms with Crippen molar-refractivity contribution in [1.29, 1.82) is 0 Å². The number of nitrogens with one attached hydrogen (secondary N) is 1. The molecule has 0 aliphatic heterocycles. The zero-order chi connectivity index (χ0) is 26.9. The van der Waals surface area contributed by atoms with Crippen molar-refractivity contribution in [3.63, 3.8) is 0 Å². The number of nitrogens with two attached hydrogens (primary N) is 1. The van der Waals surface area contributed by atoms with Crippen LogP contribution in [0.15, 0.2) is 88.1 Å². The molecule has 0 amide bonds. The van der Waals surface area contributed by atoms with Gasteiger partial charge in [0.05, 0.1) is 17.6 Å². The van der Waals surface area contributed by atoms with Gasteiger partial charge >= 0.3 is 0 Å². The Balaban J connectivity index is 1.23. The number of benzene rings is 4. The van der Waals surface area contributed by atoms with Crippen molar-refractivity contribution < 1.29 is 13.9 Å². The van der Waals surface area contributed by atoms with E-state index in [0.29, 0.717) is 17.9 Å². The minimum absolute atomic E-state index is 0.0238. The van der Waals surface area contributed by atoms with Crippen LogP contribution in [0, 0.1) is 6.92 Å². The molecule has 3 N–H and O–H groups in total. The highest BCUT2D eigenvalue weighted by Crippen LogP contribution is 2.29. The zero-order valence-corrected chi connectivity index (χ0v) is 21.0. The molecule has 4 aromatic carbocycles. The number of ketones is 1. The van der Waals surface area contributed by atoms with Crippen LogP contribution in [0.2, 0.25) is 0 Å². The molecular formula is C30H23N5O4. The predicted octanol–water partition coefficient (Wildman–Crippen LogP) is 4.87. The molecule has 0 bridgehead atoms. The zero-order valence-electron chi connectivity index (χ0n) is 21.0. The fraction of sp³-hybridized carbons (Fsp3) is 0.100. The normalized spacial score (nSPS) is 11.2. The lowest BCUT2D eigenvalue weighted by atomic mass is 9.98. The second-order valence-corrected chi connectivity index (χ2v) is 9.23. The van der Waals surface area contributed by atoms with Crippen LogP contribution in [0.25, 0.3) is 33.3 Å². The number of fused-ring (bicyclic) bond motifs is 2. The van der Waals surface area contributed by atoms with Gasteiger partial charge in [0.2, 0.25) is 17.0 Å². The van der Waals surface area contributed by atoms with E-state index in [1.54, 1.807) is 43.3 Å². The second-order valence-electron chi connectivity index (χ2n) is 9.23. The molecule has 0 unspecified atom stereocenters. The van der Waals surface area contributed by atoms with Crippen molar-refractivity contribution in [2.75, 3.05) is 12.3 Å². The van der Waals surface area contributed by atoms with E-state index in [1.165, 1.54) is 16.3 Å². The standard InChI is InChI=1S/C30H23N5O4/c1-17-14-23(28-24(15-17)27(37)25(31)29(39-28)30-32-34-35-33-30)26(36)20-8-10-22(11-9-20)38-13-12-18-6-7-19-4-2-3-5-21(19)16-18/h2-11,14-16H,12-13,31H2,1H3,(H,32,33,34,35). The van der Waals surface area contributed by atoms with Crippen molar-refractivity contribution in [2.24, 2.45) is 0 Å². The lowest BCUT2D eigenvalue weighted by Crippen LogP contribution is -2.13. The van der Waals surface area contributed by atoms with Crippen molar-refractivity contribution in [1.82, 2.24) is 20.6 Å². The lowest BCUT2D eigenvalue weighted by Gasteiger charge is -2.10. The minimum atomic E-state index is -0.469. The minimum Gasteiger partial charge on any atom is -0.493 e. The highest BCUT2D eigenvalue weighted by atomic mass is 16.5. The summed E-state index contributed by atoms with van der Waals surface area (Å²) in [5, 5.41) is 16.1. The number of tetrazole rings is 1. The van der Waals surface area contributed by atoms with Crippen LogP contribution in [0.4, 0.5) is 5.69 Å². The summed E-state index contributed by atoms with van der Waals surface area (Å²) >= 11 is 0. The van der Waals surface area contributed by atoms with Crippen LogP contribution in [0.3, 0.4) is 0 Å². The maximum absolute atomic E-state index is 13.5. The number of hydrogen-bond donors (Lipinski definition) is 2. The van der Waals surface area contributed by atoms with Crippen LogP contribution in [0.5, 0.6) is 5.75 Å². The average molecular weight is 518 g/mol. The molecule has 0 spiro atoms. The first-order valence-corrected chi connectivity index (χ1v) is 12.3. The number of aryl methyl sites for hydroxylation is 1. The van der Waals surface area contributed by atoms with Gasteiger partial charge < -0.3 is 14.9 Å². The third-order valence-corrected chi connectivity index (χ3v) is 6.55. The van der Waals surface area contributed by atoms with Gasteiger partial charge in [0, 0.05) is 12.0 Å². The molecule has 0 fully saturated rings. The Hall–Kier alpha value is -5.31. The SMILES string of the molecule is Cc1cc(C(=O)c2ccc(OCCc3ccc4ccccc4c3)cc2)c2oc(-c3nn[nH]n3)c(N)c(=O)c2c1. The highest BCUT2D eigenvalue weighted by molar-refractivity contribution is 6.15. The fourth-order valence-electron chi connectivity index (χ4n) is 4.59. The Labute approximate surface area is 222 Å². The smallest absolute Gasteiger partial charge is 0.242 e. The van der Waals surface area contributed by atoms with E-state index < -0.39 is 5.43 Å². The molecule has 0 aliphatic rings. The van der Waals surface area contributed by atoms with Gasteiger partial charge in [0.25, 0.3) is 0 Å². The first-order chi connectivity index (χ1) is 19.0. The molecule has 0 radical (unpaired) electrons. The predicted molar refractivity (Wildman–Crippen MR) is 148 cm³/mol. The molecule has 192 valence electrons. The first kappa shape index (κ1) is 24.1. The maximum atomic E-state index is 13.5. The molecule has 6 rings (SSSR count). The quantitative estimate of drug-likeness (QED) is 0.286. The summed E-state index contributed by atoms with van der Waals surface area (Å²) in [6.07, 6.45) is 0.756. The van der Waals surface area contributed by atoms with Gasteiger partial charge in [-0.05, 0) is 70.4 Å². The number of H-pyrrole nitrogens is 1. The summed E-state index contributed by atoms with van der Waals surface area (Å²) in [7, 11) is 0. The molecule has 9 heteroatoms. The molecule has 9 nitrogen and oxygen atoms in total. The molecule has 0 atom stereocenters. The van der Waals surface area contributed by atoms with Crippen molar-refractivity contribution >= 4 is 33.2 Å². The second kappa shape index (κ2) is 9.86. The average Bonchev–Trinajstić information content (AvgIpc) is 3.50. The monoisotopic (exact) mass is 517 g/mol. The Morgan fingerprint density at radius 1 is 1.00 bits per heavy atom. The molecule has 6 aromatic rings. The van der Waals surface area contributed by atoms with Crippen LogP contribution < -0.4 is 15.9 Å². The summed E-state index contributed by atoms with van der Waals surface area (Å²) in [5.41, 5.74) is 8.07. The van der Waals surface area contributed by atoms with Gasteiger partial charge in [-0.15, -0.1) is 10.2 Å². The van der Waals surface area contributed by atoms with E-state index in [4.69, 9.17) is 14.9 Å². The van der Waals surface area contributed by atoms with Gasteiger partial charge in [-0.2, -0.15) is 5.21 Å². The third kappa shape index (κ3) is 4.61. The van der Waals surface area contributed by atoms with E-state index in [-0.39, 0.29) is 39.6 Å². The Morgan fingerprint density at radius 2 is 1.79 bits per heavy atom. The Kier molecular flexibility index (Phi) is 6.08. The molecular weight excluding hydrogens is 494 g/mol. The highest BCUT2D eigenvalue weighted by Gasteiger charge is 2.22. The van der Waals surface area contributed by atoms with Gasteiger partial charge in [-0.1, -0.05) is 42.5 Å². The van der Waals surface area contributed by atoms with Gasteiger partial charge in [0.15, 0.2) is 5.78 Å². The summed E-state index contributed by atoms with van der Waals surface area (Å²) in [6, 6.07) is 24.8. The van der Waals surface area contributed by atoms with Crippen LogP contribution in [-0.4, -0.2) is 33.0 Å². The summed E-state index contributed by atoms with van der Waals surface area (Å²) in [5.74, 6) is 0.323. The molecule has 0 saturated heterocycles. The molecule has 0 saturated carbocycles. The number of carbonyl (C=O) groups excluding carboxylic acids is 1. The Morgan fingerprint density at radius 3 is 2.56 bits per heavy atom. The van der Waals surface area contributed by atoms with E-state index in [1.807, 2.05) is 12.1 Å². The number of rotatable bonds is 7. The van der Waals surface area contributed by atoms with Crippen molar-refractivity contribution in [3.05, 3.63) is 111 Å². The number of anilines is 1. The van der Waals surface area contributed by atoms with Crippen molar-refractivity contribution in [2.45, 2.75) is 13.3 Å². The number of aromatic nitrogens is 4. The van der Waals surface area contributed by atoms with Crippen molar-refractivity contribution in [3.8, 4) is 17.3 Å². The fourth-order valence-corrected chi connectivity index (χ4v) is 4.59. The number of carbonyl (C=O) groups is 1. The largest absolute Gasteiger partial charge is 0.493 e. The topological polar surface area (TPSA) is 137 Å². The van der Waals surface area contributed by atoms with E-state index in [9.17, 15) is 9.59 Å².